The Morgan fingerprint density at radius 2 is 2.13 bits per heavy atom. The first-order chi connectivity index (χ1) is 7.20. The monoisotopic (exact) mass is 201 g/mol. The second kappa shape index (κ2) is 3.89. The minimum absolute atomic E-state index is 0.631. The lowest BCUT2D eigenvalue weighted by atomic mass is 10.2. The Kier molecular flexibility index (Phi) is 2.58. The number of rotatable bonds is 3. The molecule has 15 heavy (non-hydrogen) atoms. The Labute approximate surface area is 89.5 Å². The predicted octanol–water partition coefficient (Wildman–Crippen LogP) is 3.11. The van der Waals surface area contributed by atoms with Gasteiger partial charge < -0.3 is 4.57 Å². The van der Waals surface area contributed by atoms with Crippen molar-refractivity contribution < 1.29 is 4.79 Å². The van der Waals surface area contributed by atoms with Gasteiger partial charge in [-0.2, -0.15) is 0 Å². The van der Waals surface area contributed by atoms with Crippen LogP contribution in [-0.4, -0.2) is 10.9 Å². The molecule has 0 aliphatic heterocycles. The SMILES string of the molecule is CC(C)Cn1ccc2cc(C=O)ccc21. The van der Waals surface area contributed by atoms with Crippen LogP contribution < -0.4 is 0 Å². The zero-order chi connectivity index (χ0) is 10.8. The Bertz CT molecular complexity index is 482. The van der Waals surface area contributed by atoms with Gasteiger partial charge in [0, 0.05) is 29.2 Å². The molecule has 0 N–H and O–H groups in total. The largest absolute Gasteiger partial charge is 0.347 e. The molecule has 0 amide bonds. The van der Waals surface area contributed by atoms with E-state index in [0.29, 0.717) is 5.92 Å². The summed E-state index contributed by atoms with van der Waals surface area (Å²) in [7, 11) is 0. The summed E-state index contributed by atoms with van der Waals surface area (Å²) in [5.41, 5.74) is 1.94. The summed E-state index contributed by atoms with van der Waals surface area (Å²) in [6.45, 7) is 5.42. The van der Waals surface area contributed by atoms with Crippen molar-refractivity contribution in [1.29, 1.82) is 0 Å². The molecule has 2 nitrogen and oxygen atoms in total. The average molecular weight is 201 g/mol. The molecular formula is C13H15NO. The number of hydrogen-bond donors (Lipinski definition) is 0. The molecule has 2 rings (SSSR count). The first kappa shape index (κ1) is 9.97. The van der Waals surface area contributed by atoms with Crippen LogP contribution in [0.1, 0.15) is 24.2 Å². The van der Waals surface area contributed by atoms with Crippen molar-refractivity contribution in [2.45, 2.75) is 20.4 Å². The van der Waals surface area contributed by atoms with Crippen molar-refractivity contribution in [2.24, 2.45) is 5.92 Å². The molecule has 0 unspecified atom stereocenters. The van der Waals surface area contributed by atoms with E-state index in [4.69, 9.17) is 0 Å². The fraction of sp³-hybridized carbons (Fsp3) is 0.308. The number of carbonyl (C=O) groups excluding carboxylic acids is 1. The van der Waals surface area contributed by atoms with E-state index in [-0.39, 0.29) is 0 Å². The molecule has 0 aliphatic rings. The van der Waals surface area contributed by atoms with Crippen LogP contribution in [-0.2, 0) is 6.54 Å². The van der Waals surface area contributed by atoms with Crippen LogP contribution in [0.2, 0.25) is 0 Å². The average Bonchev–Trinajstić information content (AvgIpc) is 2.60. The number of carbonyl (C=O) groups is 1. The molecule has 0 aliphatic carbocycles. The highest BCUT2D eigenvalue weighted by atomic mass is 16.1. The zero-order valence-corrected chi connectivity index (χ0v) is 9.10. The summed E-state index contributed by atoms with van der Waals surface area (Å²) in [6, 6.07) is 7.87. The zero-order valence-electron chi connectivity index (χ0n) is 9.10. The van der Waals surface area contributed by atoms with Crippen LogP contribution >= 0.6 is 0 Å². The lowest BCUT2D eigenvalue weighted by Crippen LogP contribution is -2.02. The number of hydrogen-bond acceptors (Lipinski definition) is 1. The van der Waals surface area contributed by atoms with Gasteiger partial charge in [0.25, 0.3) is 0 Å². The number of aromatic nitrogens is 1. The topological polar surface area (TPSA) is 22.0 Å². The van der Waals surface area contributed by atoms with Crippen molar-refractivity contribution in [3.8, 4) is 0 Å². The second-order valence-corrected chi connectivity index (χ2v) is 4.30. The molecule has 1 aromatic carbocycles. The Balaban J connectivity index is 2.47. The summed E-state index contributed by atoms with van der Waals surface area (Å²) in [6.07, 6.45) is 2.97. The van der Waals surface area contributed by atoms with Crippen LogP contribution in [0.15, 0.2) is 30.5 Å². The molecule has 2 heteroatoms. The van der Waals surface area contributed by atoms with E-state index >= 15 is 0 Å². The molecule has 1 aromatic heterocycles. The minimum atomic E-state index is 0.631. The maximum atomic E-state index is 10.6. The number of nitrogens with zero attached hydrogens (tertiary/aromatic N) is 1. The molecule has 1 heterocycles. The Morgan fingerprint density at radius 1 is 1.33 bits per heavy atom. The van der Waals surface area contributed by atoms with E-state index in [1.54, 1.807) is 0 Å². The molecule has 78 valence electrons. The summed E-state index contributed by atoms with van der Waals surface area (Å²) in [4.78, 5) is 10.6. The summed E-state index contributed by atoms with van der Waals surface area (Å²) in [5, 5.41) is 1.14. The first-order valence-corrected chi connectivity index (χ1v) is 5.25. The lowest BCUT2D eigenvalue weighted by molar-refractivity contribution is 0.112. The van der Waals surface area contributed by atoms with Gasteiger partial charge in [-0.3, -0.25) is 4.79 Å². The fourth-order valence-electron chi connectivity index (χ4n) is 1.84. The summed E-state index contributed by atoms with van der Waals surface area (Å²) in [5.74, 6) is 0.631. The maximum absolute atomic E-state index is 10.6. The van der Waals surface area contributed by atoms with Gasteiger partial charge in [-0.1, -0.05) is 13.8 Å². The molecule has 0 bridgehead atoms. The second-order valence-electron chi connectivity index (χ2n) is 4.30. The van der Waals surface area contributed by atoms with Crippen LogP contribution in [0.25, 0.3) is 10.9 Å². The maximum Gasteiger partial charge on any atom is 0.150 e. The number of fused-ring (bicyclic) bond motifs is 1. The summed E-state index contributed by atoms with van der Waals surface area (Å²) >= 11 is 0. The summed E-state index contributed by atoms with van der Waals surface area (Å²) < 4.78 is 2.23. The molecule has 0 atom stereocenters. The third kappa shape index (κ3) is 1.94. The smallest absolute Gasteiger partial charge is 0.150 e. The van der Waals surface area contributed by atoms with Crippen molar-refractivity contribution in [3.05, 3.63) is 36.0 Å². The quantitative estimate of drug-likeness (QED) is 0.699. The van der Waals surface area contributed by atoms with Gasteiger partial charge in [-0.25, -0.2) is 0 Å². The van der Waals surface area contributed by atoms with E-state index in [0.717, 1.165) is 23.8 Å². The highest BCUT2D eigenvalue weighted by Gasteiger charge is 2.03. The highest BCUT2D eigenvalue weighted by Crippen LogP contribution is 2.18. The van der Waals surface area contributed by atoms with Crippen molar-refractivity contribution in [3.63, 3.8) is 0 Å². The van der Waals surface area contributed by atoms with Crippen LogP contribution in [0, 0.1) is 5.92 Å². The van der Waals surface area contributed by atoms with E-state index in [2.05, 4.69) is 30.7 Å². The van der Waals surface area contributed by atoms with Gasteiger partial charge in [0.15, 0.2) is 0 Å². The van der Waals surface area contributed by atoms with Gasteiger partial charge in [0.05, 0.1) is 0 Å². The molecule has 0 spiro atoms. The minimum Gasteiger partial charge on any atom is -0.347 e. The van der Waals surface area contributed by atoms with E-state index < -0.39 is 0 Å². The number of aldehydes is 1. The van der Waals surface area contributed by atoms with Crippen LogP contribution in [0.3, 0.4) is 0 Å². The van der Waals surface area contributed by atoms with Crippen LogP contribution in [0.4, 0.5) is 0 Å². The van der Waals surface area contributed by atoms with Crippen LogP contribution in [0.5, 0.6) is 0 Å². The van der Waals surface area contributed by atoms with Crippen molar-refractivity contribution in [1.82, 2.24) is 4.57 Å². The molecule has 0 saturated carbocycles. The molecule has 0 radical (unpaired) electrons. The van der Waals surface area contributed by atoms with Gasteiger partial charge in [0.1, 0.15) is 6.29 Å². The van der Waals surface area contributed by atoms with Gasteiger partial charge in [-0.15, -0.1) is 0 Å². The molecular weight excluding hydrogens is 186 g/mol. The molecule has 2 aromatic rings. The van der Waals surface area contributed by atoms with Crippen molar-refractivity contribution >= 4 is 17.2 Å². The normalized spacial score (nSPS) is 11.1. The molecule has 0 fully saturated rings. The van der Waals surface area contributed by atoms with E-state index in [1.807, 2.05) is 18.2 Å². The van der Waals surface area contributed by atoms with Crippen molar-refractivity contribution in [2.75, 3.05) is 0 Å². The number of benzene rings is 1. The van der Waals surface area contributed by atoms with Gasteiger partial charge in [0.2, 0.25) is 0 Å². The standard InChI is InChI=1S/C13H15NO/c1-10(2)8-14-6-5-12-7-11(9-15)3-4-13(12)14/h3-7,9-10H,8H2,1-2H3. The Hall–Kier alpha value is -1.57. The van der Waals surface area contributed by atoms with E-state index in [9.17, 15) is 4.79 Å². The first-order valence-electron chi connectivity index (χ1n) is 5.25. The highest BCUT2D eigenvalue weighted by molar-refractivity contribution is 5.87. The lowest BCUT2D eigenvalue weighted by Gasteiger charge is -2.08. The van der Waals surface area contributed by atoms with Gasteiger partial charge in [-0.05, 0) is 30.2 Å². The third-order valence-electron chi connectivity index (χ3n) is 2.49. The Morgan fingerprint density at radius 3 is 2.80 bits per heavy atom. The van der Waals surface area contributed by atoms with E-state index in [1.165, 1.54) is 5.52 Å². The van der Waals surface area contributed by atoms with Gasteiger partial charge >= 0.3 is 0 Å². The fourth-order valence-corrected chi connectivity index (χ4v) is 1.84. The predicted molar refractivity (Wildman–Crippen MR) is 62.2 cm³/mol. The molecule has 0 saturated heterocycles. The third-order valence-corrected chi connectivity index (χ3v) is 2.49.